The van der Waals surface area contributed by atoms with Crippen LogP contribution in [0.4, 0.5) is 0 Å². The Morgan fingerprint density at radius 2 is 2.33 bits per heavy atom. The van der Waals surface area contributed by atoms with Gasteiger partial charge in [-0.05, 0) is 43.5 Å². The molecule has 0 radical (unpaired) electrons. The van der Waals surface area contributed by atoms with Crippen LogP contribution >= 0.6 is 11.3 Å². The predicted molar refractivity (Wildman–Crippen MR) is 87.2 cm³/mol. The molecule has 1 aromatic carbocycles. The standard InChI is InChI=1S/C17H22N2OS/c1-3-18-15-8-7-14-13(15)5-4-6-16(14)20-10-9-17-12(2)19-11-21-17/h4-6,11,15,18H,3,7-10H2,1-2H3. The van der Waals surface area contributed by atoms with Gasteiger partial charge in [0.2, 0.25) is 0 Å². The van der Waals surface area contributed by atoms with Gasteiger partial charge in [-0.15, -0.1) is 11.3 Å². The Balaban J connectivity index is 1.66. The van der Waals surface area contributed by atoms with E-state index < -0.39 is 0 Å². The molecular weight excluding hydrogens is 280 g/mol. The van der Waals surface area contributed by atoms with E-state index in [0.717, 1.165) is 37.4 Å². The molecule has 0 bridgehead atoms. The third-order valence-corrected chi connectivity index (χ3v) is 5.10. The molecule has 1 heterocycles. The fourth-order valence-corrected chi connectivity index (χ4v) is 3.80. The van der Waals surface area contributed by atoms with E-state index >= 15 is 0 Å². The number of nitrogens with one attached hydrogen (secondary N) is 1. The summed E-state index contributed by atoms with van der Waals surface area (Å²) >= 11 is 1.72. The predicted octanol–water partition coefficient (Wildman–Crippen LogP) is 3.67. The average Bonchev–Trinajstić information content (AvgIpc) is 3.08. The fourth-order valence-electron chi connectivity index (χ4n) is 3.03. The minimum Gasteiger partial charge on any atom is -0.493 e. The van der Waals surface area contributed by atoms with Crippen molar-refractivity contribution in [3.8, 4) is 5.75 Å². The maximum Gasteiger partial charge on any atom is 0.122 e. The lowest BCUT2D eigenvalue weighted by atomic mass is 10.1. The van der Waals surface area contributed by atoms with E-state index in [1.54, 1.807) is 11.3 Å². The van der Waals surface area contributed by atoms with E-state index in [1.807, 2.05) is 5.51 Å². The maximum absolute atomic E-state index is 6.05. The first-order valence-corrected chi connectivity index (χ1v) is 8.54. The molecule has 1 unspecified atom stereocenters. The minimum atomic E-state index is 0.497. The molecule has 112 valence electrons. The SMILES string of the molecule is CCNC1CCc2c(OCCc3scnc3C)cccc21. The molecular formula is C17H22N2OS. The van der Waals surface area contributed by atoms with Crippen LogP contribution in [-0.2, 0) is 12.8 Å². The second-order valence-electron chi connectivity index (χ2n) is 5.43. The molecule has 4 heteroatoms. The van der Waals surface area contributed by atoms with Crippen LogP contribution in [0, 0.1) is 6.92 Å². The molecule has 1 aliphatic carbocycles. The Morgan fingerprint density at radius 1 is 1.43 bits per heavy atom. The normalized spacial score (nSPS) is 17.0. The summed E-state index contributed by atoms with van der Waals surface area (Å²) in [5, 5.41) is 3.55. The number of benzene rings is 1. The van der Waals surface area contributed by atoms with E-state index in [1.165, 1.54) is 22.4 Å². The number of aryl methyl sites for hydroxylation is 1. The van der Waals surface area contributed by atoms with Gasteiger partial charge in [0.1, 0.15) is 5.75 Å². The summed E-state index contributed by atoms with van der Waals surface area (Å²) in [5.41, 5.74) is 5.85. The molecule has 1 atom stereocenters. The highest BCUT2D eigenvalue weighted by Crippen LogP contribution is 2.36. The van der Waals surface area contributed by atoms with Gasteiger partial charge < -0.3 is 10.1 Å². The maximum atomic E-state index is 6.05. The first-order chi connectivity index (χ1) is 10.3. The highest BCUT2D eigenvalue weighted by atomic mass is 32.1. The van der Waals surface area contributed by atoms with Gasteiger partial charge in [0.05, 0.1) is 17.8 Å². The van der Waals surface area contributed by atoms with Crippen LogP contribution in [0.15, 0.2) is 23.7 Å². The monoisotopic (exact) mass is 302 g/mol. The van der Waals surface area contributed by atoms with Crippen LogP contribution in [-0.4, -0.2) is 18.1 Å². The molecule has 3 rings (SSSR count). The van der Waals surface area contributed by atoms with Crippen molar-refractivity contribution in [2.24, 2.45) is 0 Å². The lowest BCUT2D eigenvalue weighted by molar-refractivity contribution is 0.319. The summed E-state index contributed by atoms with van der Waals surface area (Å²) < 4.78 is 6.05. The second-order valence-corrected chi connectivity index (χ2v) is 6.37. The number of ether oxygens (including phenoxy) is 1. The molecule has 0 aliphatic heterocycles. The van der Waals surface area contributed by atoms with Crippen LogP contribution in [0.1, 0.15) is 41.1 Å². The van der Waals surface area contributed by atoms with E-state index in [0.29, 0.717) is 6.04 Å². The smallest absolute Gasteiger partial charge is 0.122 e. The summed E-state index contributed by atoms with van der Waals surface area (Å²) in [7, 11) is 0. The zero-order valence-corrected chi connectivity index (χ0v) is 13.5. The van der Waals surface area contributed by atoms with Crippen molar-refractivity contribution in [1.29, 1.82) is 0 Å². The van der Waals surface area contributed by atoms with Crippen molar-refractivity contribution in [3.63, 3.8) is 0 Å². The molecule has 21 heavy (non-hydrogen) atoms. The average molecular weight is 302 g/mol. The van der Waals surface area contributed by atoms with Gasteiger partial charge in [-0.3, -0.25) is 0 Å². The third kappa shape index (κ3) is 3.11. The van der Waals surface area contributed by atoms with E-state index in [9.17, 15) is 0 Å². The Morgan fingerprint density at radius 3 is 3.10 bits per heavy atom. The molecule has 0 fully saturated rings. The number of thiazole rings is 1. The highest BCUT2D eigenvalue weighted by Gasteiger charge is 2.24. The second kappa shape index (κ2) is 6.58. The Kier molecular flexibility index (Phi) is 4.56. The van der Waals surface area contributed by atoms with Crippen LogP contribution in [0.3, 0.4) is 0 Å². The van der Waals surface area contributed by atoms with Crippen molar-refractivity contribution in [2.75, 3.05) is 13.2 Å². The first kappa shape index (κ1) is 14.5. The highest BCUT2D eigenvalue weighted by molar-refractivity contribution is 7.09. The molecule has 3 nitrogen and oxygen atoms in total. The van der Waals surface area contributed by atoms with Crippen LogP contribution in [0.25, 0.3) is 0 Å². The van der Waals surface area contributed by atoms with Crippen molar-refractivity contribution >= 4 is 11.3 Å². The minimum absolute atomic E-state index is 0.497. The number of aromatic nitrogens is 1. The molecule has 0 saturated heterocycles. The van der Waals surface area contributed by atoms with Gasteiger partial charge in [-0.2, -0.15) is 0 Å². The molecule has 1 aliphatic rings. The quantitative estimate of drug-likeness (QED) is 0.884. The lowest BCUT2D eigenvalue weighted by Crippen LogP contribution is -2.18. The summed E-state index contributed by atoms with van der Waals surface area (Å²) in [5.74, 6) is 1.06. The topological polar surface area (TPSA) is 34.1 Å². The molecule has 0 saturated carbocycles. The molecule has 2 aromatic rings. The van der Waals surface area contributed by atoms with Crippen LogP contribution < -0.4 is 10.1 Å². The Labute approximate surface area is 130 Å². The molecule has 1 N–H and O–H groups in total. The first-order valence-electron chi connectivity index (χ1n) is 7.66. The van der Waals surface area contributed by atoms with E-state index in [4.69, 9.17) is 4.74 Å². The summed E-state index contributed by atoms with van der Waals surface area (Å²) in [6.45, 7) is 5.97. The number of hydrogen-bond acceptors (Lipinski definition) is 4. The van der Waals surface area contributed by atoms with Gasteiger partial charge in [0.25, 0.3) is 0 Å². The van der Waals surface area contributed by atoms with Gasteiger partial charge in [-0.1, -0.05) is 19.1 Å². The van der Waals surface area contributed by atoms with Crippen molar-refractivity contribution in [3.05, 3.63) is 45.4 Å². The molecule has 0 spiro atoms. The Bertz CT molecular complexity index is 609. The number of hydrogen-bond donors (Lipinski definition) is 1. The van der Waals surface area contributed by atoms with E-state index in [-0.39, 0.29) is 0 Å². The van der Waals surface area contributed by atoms with Gasteiger partial charge in [-0.25, -0.2) is 4.98 Å². The third-order valence-electron chi connectivity index (χ3n) is 4.11. The van der Waals surface area contributed by atoms with Crippen LogP contribution in [0.5, 0.6) is 5.75 Å². The largest absolute Gasteiger partial charge is 0.493 e. The van der Waals surface area contributed by atoms with Gasteiger partial charge in [0.15, 0.2) is 0 Å². The fraction of sp³-hybridized carbons (Fsp3) is 0.471. The van der Waals surface area contributed by atoms with Gasteiger partial charge in [0, 0.05) is 17.3 Å². The zero-order chi connectivity index (χ0) is 14.7. The van der Waals surface area contributed by atoms with E-state index in [2.05, 4.69) is 42.3 Å². The van der Waals surface area contributed by atoms with Crippen LogP contribution in [0.2, 0.25) is 0 Å². The number of rotatable bonds is 6. The Hall–Kier alpha value is -1.39. The zero-order valence-electron chi connectivity index (χ0n) is 12.7. The van der Waals surface area contributed by atoms with Crippen molar-refractivity contribution in [1.82, 2.24) is 10.3 Å². The molecule has 0 amide bonds. The van der Waals surface area contributed by atoms with Crippen molar-refractivity contribution < 1.29 is 4.74 Å². The number of fused-ring (bicyclic) bond motifs is 1. The number of nitrogens with zero attached hydrogens (tertiary/aromatic N) is 1. The molecule has 1 aromatic heterocycles. The summed E-state index contributed by atoms with van der Waals surface area (Å²) in [4.78, 5) is 5.61. The lowest BCUT2D eigenvalue weighted by Gasteiger charge is -2.14. The summed E-state index contributed by atoms with van der Waals surface area (Å²) in [6, 6.07) is 6.95. The van der Waals surface area contributed by atoms with Gasteiger partial charge >= 0.3 is 0 Å². The summed E-state index contributed by atoms with van der Waals surface area (Å²) in [6.07, 6.45) is 3.23. The van der Waals surface area contributed by atoms with Crippen molar-refractivity contribution in [2.45, 2.75) is 39.2 Å².